The topological polar surface area (TPSA) is 38.0 Å². The van der Waals surface area contributed by atoms with Gasteiger partial charge in [-0.3, -0.25) is 11.3 Å². The largest absolute Gasteiger partial charge is 0.271 e. The molecule has 0 aromatic rings. The van der Waals surface area contributed by atoms with Crippen molar-refractivity contribution in [3.63, 3.8) is 0 Å². The molecule has 2 nitrogen and oxygen atoms in total. The lowest BCUT2D eigenvalue weighted by Crippen LogP contribution is -2.43. The first-order valence-electron chi connectivity index (χ1n) is 7.41. The Morgan fingerprint density at radius 3 is 2.24 bits per heavy atom. The summed E-state index contributed by atoms with van der Waals surface area (Å²) in [6.07, 6.45) is 9.32. The van der Waals surface area contributed by atoms with Crippen LogP contribution in [0.25, 0.3) is 0 Å². The van der Waals surface area contributed by atoms with Crippen molar-refractivity contribution in [2.75, 3.05) is 0 Å². The predicted octanol–water partition coefficient (Wildman–Crippen LogP) is 3.86. The first-order valence-corrected chi connectivity index (χ1v) is 7.41. The number of hydrogen-bond acceptors (Lipinski definition) is 2. The lowest BCUT2D eigenvalue weighted by molar-refractivity contribution is 0.156. The first-order chi connectivity index (χ1) is 7.94. The maximum Gasteiger partial charge on any atom is 0.0238 e. The average Bonchev–Trinajstić information content (AvgIpc) is 2.25. The highest BCUT2D eigenvalue weighted by Crippen LogP contribution is 2.39. The van der Waals surface area contributed by atoms with Gasteiger partial charge in [0.1, 0.15) is 0 Å². The second-order valence-corrected chi connectivity index (χ2v) is 7.10. The minimum Gasteiger partial charge on any atom is -0.271 e. The van der Waals surface area contributed by atoms with Crippen molar-refractivity contribution < 1.29 is 0 Å². The van der Waals surface area contributed by atoms with Gasteiger partial charge in [-0.2, -0.15) is 0 Å². The van der Waals surface area contributed by atoms with Gasteiger partial charge in [-0.25, -0.2) is 0 Å². The molecule has 1 unspecified atom stereocenters. The van der Waals surface area contributed by atoms with E-state index in [0.717, 1.165) is 11.8 Å². The van der Waals surface area contributed by atoms with E-state index in [9.17, 15) is 0 Å². The Morgan fingerprint density at radius 2 is 1.76 bits per heavy atom. The number of rotatable bonds is 6. The van der Waals surface area contributed by atoms with E-state index in [-0.39, 0.29) is 0 Å². The van der Waals surface area contributed by atoms with Crippen molar-refractivity contribution in [3.05, 3.63) is 0 Å². The normalized spacial score (nSPS) is 22.9. The molecule has 0 aliphatic heterocycles. The Kier molecular flexibility index (Phi) is 5.94. The third kappa shape index (κ3) is 5.39. The van der Waals surface area contributed by atoms with Crippen molar-refractivity contribution in [1.29, 1.82) is 0 Å². The first kappa shape index (κ1) is 15.0. The molecule has 3 N–H and O–H groups in total. The quantitative estimate of drug-likeness (QED) is 0.546. The zero-order valence-electron chi connectivity index (χ0n) is 12.3. The van der Waals surface area contributed by atoms with Crippen molar-refractivity contribution in [2.24, 2.45) is 23.1 Å². The molecule has 0 saturated heterocycles. The fourth-order valence-corrected chi connectivity index (χ4v) is 3.03. The van der Waals surface area contributed by atoms with E-state index in [1.807, 2.05) is 0 Å². The van der Waals surface area contributed by atoms with E-state index in [2.05, 4.69) is 33.1 Å². The molecule has 0 bridgehead atoms. The number of hydrazine groups is 1. The summed E-state index contributed by atoms with van der Waals surface area (Å²) in [6, 6.07) is 0.546. The highest BCUT2D eigenvalue weighted by atomic mass is 15.2. The molecule has 0 heterocycles. The molecule has 0 amide bonds. The average molecular weight is 240 g/mol. The number of nitrogens with one attached hydrogen (secondary N) is 1. The van der Waals surface area contributed by atoms with Crippen LogP contribution in [0.2, 0.25) is 0 Å². The van der Waals surface area contributed by atoms with Crippen LogP contribution in [0, 0.1) is 17.3 Å². The SMILES string of the molecule is CC(C)CCCC(NN)C1CCC(C)(C)CC1. The van der Waals surface area contributed by atoms with Gasteiger partial charge in [0.15, 0.2) is 0 Å². The number of hydrogen-bond donors (Lipinski definition) is 2. The Balaban J connectivity index is 2.31. The van der Waals surface area contributed by atoms with Crippen LogP contribution in [0.15, 0.2) is 0 Å². The second kappa shape index (κ2) is 6.75. The summed E-state index contributed by atoms with van der Waals surface area (Å²) < 4.78 is 0. The van der Waals surface area contributed by atoms with Gasteiger partial charge >= 0.3 is 0 Å². The summed E-state index contributed by atoms with van der Waals surface area (Å²) in [4.78, 5) is 0. The summed E-state index contributed by atoms with van der Waals surface area (Å²) in [7, 11) is 0. The van der Waals surface area contributed by atoms with E-state index in [0.29, 0.717) is 11.5 Å². The molecular weight excluding hydrogens is 208 g/mol. The van der Waals surface area contributed by atoms with E-state index in [4.69, 9.17) is 5.84 Å². The van der Waals surface area contributed by atoms with Crippen LogP contribution in [0.5, 0.6) is 0 Å². The summed E-state index contributed by atoms with van der Waals surface area (Å²) in [5.41, 5.74) is 3.64. The lowest BCUT2D eigenvalue weighted by Gasteiger charge is -2.38. The van der Waals surface area contributed by atoms with Gasteiger partial charge < -0.3 is 0 Å². The van der Waals surface area contributed by atoms with Crippen LogP contribution < -0.4 is 11.3 Å². The van der Waals surface area contributed by atoms with Gasteiger partial charge in [0.05, 0.1) is 0 Å². The Bertz CT molecular complexity index is 201. The highest BCUT2D eigenvalue weighted by molar-refractivity contribution is 4.84. The number of nitrogens with two attached hydrogens (primary N) is 1. The standard InChI is InChI=1S/C15H32N2/c1-12(2)6-5-7-14(17-16)13-8-10-15(3,4)11-9-13/h12-14,17H,5-11,16H2,1-4H3. The molecule has 2 heteroatoms. The van der Waals surface area contributed by atoms with E-state index < -0.39 is 0 Å². The van der Waals surface area contributed by atoms with Crippen LogP contribution >= 0.6 is 0 Å². The van der Waals surface area contributed by atoms with Gasteiger partial charge in [0.2, 0.25) is 0 Å². The third-order valence-corrected chi connectivity index (χ3v) is 4.46. The van der Waals surface area contributed by atoms with E-state index >= 15 is 0 Å². The van der Waals surface area contributed by atoms with Crippen molar-refractivity contribution in [1.82, 2.24) is 5.43 Å². The molecule has 0 radical (unpaired) electrons. The Morgan fingerprint density at radius 1 is 1.18 bits per heavy atom. The van der Waals surface area contributed by atoms with Gasteiger partial charge in [0.25, 0.3) is 0 Å². The lowest BCUT2D eigenvalue weighted by atomic mass is 9.70. The van der Waals surface area contributed by atoms with Crippen molar-refractivity contribution in [2.45, 2.75) is 78.7 Å². The van der Waals surface area contributed by atoms with Gasteiger partial charge in [-0.05, 0) is 49.4 Å². The molecule has 102 valence electrons. The highest BCUT2D eigenvalue weighted by Gasteiger charge is 2.30. The predicted molar refractivity (Wildman–Crippen MR) is 75.5 cm³/mol. The Hall–Kier alpha value is -0.0800. The summed E-state index contributed by atoms with van der Waals surface area (Å²) in [5, 5.41) is 0. The molecular formula is C15H32N2. The molecule has 1 saturated carbocycles. The molecule has 1 fully saturated rings. The molecule has 1 aliphatic carbocycles. The monoisotopic (exact) mass is 240 g/mol. The van der Waals surface area contributed by atoms with Crippen LogP contribution in [-0.4, -0.2) is 6.04 Å². The fraction of sp³-hybridized carbons (Fsp3) is 1.00. The summed E-state index contributed by atoms with van der Waals surface area (Å²) in [6.45, 7) is 9.39. The molecule has 1 aliphatic rings. The maximum absolute atomic E-state index is 5.74. The van der Waals surface area contributed by atoms with Crippen molar-refractivity contribution in [3.8, 4) is 0 Å². The minimum atomic E-state index is 0.546. The molecule has 1 atom stereocenters. The molecule has 1 rings (SSSR count). The molecule has 0 aromatic carbocycles. The van der Waals surface area contributed by atoms with Crippen LogP contribution in [0.4, 0.5) is 0 Å². The third-order valence-electron chi connectivity index (χ3n) is 4.46. The smallest absolute Gasteiger partial charge is 0.0238 e. The van der Waals surface area contributed by atoms with Crippen LogP contribution in [0.1, 0.15) is 72.6 Å². The van der Waals surface area contributed by atoms with E-state index in [1.54, 1.807) is 0 Å². The van der Waals surface area contributed by atoms with Gasteiger partial charge in [-0.1, -0.05) is 40.5 Å². The molecule has 0 aromatic heterocycles. The minimum absolute atomic E-state index is 0.546. The van der Waals surface area contributed by atoms with Gasteiger partial charge in [-0.15, -0.1) is 0 Å². The van der Waals surface area contributed by atoms with Crippen molar-refractivity contribution >= 4 is 0 Å². The van der Waals surface area contributed by atoms with E-state index in [1.165, 1.54) is 44.9 Å². The zero-order valence-corrected chi connectivity index (χ0v) is 12.3. The second-order valence-electron chi connectivity index (χ2n) is 7.10. The summed E-state index contributed by atoms with van der Waals surface area (Å²) in [5.74, 6) is 7.36. The zero-order chi connectivity index (χ0) is 12.9. The fourth-order valence-electron chi connectivity index (χ4n) is 3.03. The maximum atomic E-state index is 5.74. The van der Waals surface area contributed by atoms with Crippen LogP contribution in [-0.2, 0) is 0 Å². The molecule has 0 spiro atoms. The summed E-state index contributed by atoms with van der Waals surface area (Å²) >= 11 is 0. The van der Waals surface area contributed by atoms with Crippen LogP contribution in [0.3, 0.4) is 0 Å². The Labute approximate surface area is 108 Å². The van der Waals surface area contributed by atoms with Gasteiger partial charge in [0, 0.05) is 6.04 Å². The molecule has 17 heavy (non-hydrogen) atoms.